The summed E-state index contributed by atoms with van der Waals surface area (Å²) in [4.78, 5) is 14.2. The number of unbranched alkanes of at least 4 members (excludes halogenated alkanes) is 1. The van der Waals surface area contributed by atoms with E-state index in [2.05, 4.69) is 99.7 Å². The van der Waals surface area contributed by atoms with Crippen LogP contribution >= 0.6 is 0 Å². The fraction of sp³-hybridized carbons (Fsp3) is 0.333. The number of quaternary nitrogens is 1. The number of nitrogens with one attached hydrogen (secondary N) is 1. The van der Waals surface area contributed by atoms with Gasteiger partial charge in [-0.15, -0.1) is 0 Å². The second-order valence-corrected chi connectivity index (χ2v) is 11.8. The van der Waals surface area contributed by atoms with Crippen LogP contribution in [0.1, 0.15) is 55.4 Å². The van der Waals surface area contributed by atoms with Crippen molar-refractivity contribution in [2.75, 3.05) is 44.7 Å². The van der Waals surface area contributed by atoms with Gasteiger partial charge < -0.3 is 11.5 Å². The Bertz CT molecular complexity index is 1490. The molecule has 0 atom stereocenters. The molecule has 7 N–H and O–H groups in total. The van der Waals surface area contributed by atoms with Crippen molar-refractivity contribution in [2.24, 2.45) is 21.5 Å². The average Bonchev–Trinajstić information content (AvgIpc) is 3.12. The fourth-order valence-corrected chi connectivity index (χ4v) is 5.36. The summed E-state index contributed by atoms with van der Waals surface area (Å²) in [5.74, 6) is 1.17. The van der Waals surface area contributed by atoms with Gasteiger partial charge in [-0.05, 0) is 86.4 Å². The first-order valence-electron chi connectivity index (χ1n) is 17.0. The molecule has 47 heavy (non-hydrogen) atoms. The third-order valence-electron chi connectivity index (χ3n) is 8.26. The van der Waals surface area contributed by atoms with Crippen molar-refractivity contribution in [3.05, 3.63) is 131 Å². The molecule has 0 heterocycles. The van der Waals surface area contributed by atoms with Gasteiger partial charge in [-0.3, -0.25) is 19.8 Å². The van der Waals surface area contributed by atoms with E-state index in [1.165, 1.54) is 11.1 Å². The molecule has 4 aromatic rings. The average molecular weight is 634 g/mol. The minimum atomic E-state index is 0.580. The summed E-state index contributed by atoms with van der Waals surface area (Å²) in [6.45, 7) is 11.9. The number of nitrogen functional groups attached to an aromatic ring is 1. The van der Waals surface area contributed by atoms with E-state index >= 15 is 0 Å². The highest BCUT2D eigenvalue weighted by Crippen LogP contribution is 2.11. The Kier molecular flexibility index (Phi) is 15.0. The number of rotatable bonds is 20. The Labute approximate surface area is 281 Å². The summed E-state index contributed by atoms with van der Waals surface area (Å²) < 4.78 is 0. The van der Waals surface area contributed by atoms with Gasteiger partial charge >= 0.3 is 0 Å². The summed E-state index contributed by atoms with van der Waals surface area (Å²) in [5, 5.41) is 0. The minimum Gasteiger partial charge on any atom is -0.384 e. The molecule has 248 valence electrons. The number of hydrogen-bond donors (Lipinski definition) is 4. The van der Waals surface area contributed by atoms with Crippen LogP contribution in [0.4, 0.5) is 11.4 Å². The van der Waals surface area contributed by atoms with Crippen LogP contribution in [0.5, 0.6) is 0 Å². The van der Waals surface area contributed by atoms with E-state index in [0.29, 0.717) is 18.2 Å². The lowest BCUT2D eigenvalue weighted by molar-refractivity contribution is -0.538. The normalized spacial score (nSPS) is 12.2. The molecule has 0 spiro atoms. The van der Waals surface area contributed by atoms with Crippen LogP contribution in [-0.4, -0.2) is 60.7 Å². The van der Waals surface area contributed by atoms with Gasteiger partial charge in [-0.25, -0.2) is 10.9 Å². The molecule has 0 aliphatic heterocycles. The molecular weight excluding hydrogens is 580 g/mol. The Balaban J connectivity index is 1.14. The lowest BCUT2D eigenvalue weighted by atomic mass is 10.2. The molecule has 0 unspecified atom stereocenters. The molecule has 0 aromatic heterocycles. The Morgan fingerprint density at radius 3 is 1.57 bits per heavy atom. The van der Waals surface area contributed by atoms with E-state index in [0.717, 1.165) is 87.6 Å². The SMILES string of the molecule is CCN(CCCCN=C(N)c1ccc(N[NH2+]c2ccc(C(N)=NCCCN(CC)Cc3ccccc3)cc2)cc1)Cc1ccccc1. The summed E-state index contributed by atoms with van der Waals surface area (Å²) in [5.41, 5.74) is 24.5. The summed E-state index contributed by atoms with van der Waals surface area (Å²) in [6.07, 6.45) is 3.09. The quantitative estimate of drug-likeness (QED) is 0.0255. The molecule has 0 saturated carbocycles. The number of hydrogen-bond acceptors (Lipinski definition) is 5. The maximum Gasteiger partial charge on any atom is 0.153 e. The lowest BCUT2D eigenvalue weighted by Gasteiger charge is -2.20. The van der Waals surface area contributed by atoms with E-state index < -0.39 is 0 Å². The van der Waals surface area contributed by atoms with Gasteiger partial charge in [0, 0.05) is 56.0 Å². The highest BCUT2D eigenvalue weighted by atomic mass is 15.4. The molecule has 0 fully saturated rings. The maximum atomic E-state index is 6.30. The van der Waals surface area contributed by atoms with Gasteiger partial charge in [-0.1, -0.05) is 74.5 Å². The van der Waals surface area contributed by atoms with E-state index in [-0.39, 0.29) is 0 Å². The molecule has 0 amide bonds. The van der Waals surface area contributed by atoms with E-state index in [1.807, 2.05) is 54.0 Å². The third kappa shape index (κ3) is 12.7. The molecule has 8 nitrogen and oxygen atoms in total. The maximum absolute atomic E-state index is 6.30. The topological polar surface area (TPSA) is 112 Å². The van der Waals surface area contributed by atoms with Crippen molar-refractivity contribution >= 4 is 23.0 Å². The second-order valence-electron chi connectivity index (χ2n) is 11.8. The van der Waals surface area contributed by atoms with E-state index in [1.54, 1.807) is 0 Å². The smallest absolute Gasteiger partial charge is 0.153 e. The number of benzene rings is 4. The van der Waals surface area contributed by atoms with Gasteiger partial charge in [-0.2, -0.15) is 0 Å². The van der Waals surface area contributed by atoms with Gasteiger partial charge in [0.1, 0.15) is 11.7 Å². The zero-order chi connectivity index (χ0) is 33.1. The molecule has 4 rings (SSSR count). The van der Waals surface area contributed by atoms with Crippen LogP contribution in [0.2, 0.25) is 0 Å². The van der Waals surface area contributed by atoms with Crippen molar-refractivity contribution in [3.63, 3.8) is 0 Å². The molecule has 0 saturated heterocycles. The van der Waals surface area contributed by atoms with Crippen LogP contribution in [0, 0.1) is 0 Å². The number of amidine groups is 2. The Morgan fingerprint density at radius 2 is 1.06 bits per heavy atom. The molecule has 0 radical (unpaired) electrons. The number of anilines is 1. The largest absolute Gasteiger partial charge is 0.384 e. The molecule has 0 aliphatic carbocycles. The van der Waals surface area contributed by atoms with Gasteiger partial charge in [0.2, 0.25) is 0 Å². The van der Waals surface area contributed by atoms with Crippen molar-refractivity contribution in [1.82, 2.24) is 9.80 Å². The summed E-state index contributed by atoms with van der Waals surface area (Å²) in [6, 6.07) is 37.4. The zero-order valence-corrected chi connectivity index (χ0v) is 28.2. The molecule has 8 heteroatoms. The number of nitrogens with zero attached hydrogens (tertiary/aromatic N) is 4. The first kappa shape index (κ1) is 35.4. The third-order valence-corrected chi connectivity index (χ3v) is 8.26. The minimum absolute atomic E-state index is 0.580. The standard InChI is InChI=1S/C39H52N8/c1-3-46(30-32-14-7-5-8-15-32)28-12-11-26-42-38(40)34-18-22-36(23-19-34)44-45-37-24-20-35(21-25-37)39(41)43-27-13-29-47(4-2)31-33-16-9-6-10-17-33/h5-10,14-25,44-45H,3-4,11-13,26-31H2,1-2H3,(H2,40,42)(H2,41,43)/p+1. The van der Waals surface area contributed by atoms with E-state index in [4.69, 9.17) is 11.5 Å². The van der Waals surface area contributed by atoms with Gasteiger partial charge in [0.05, 0.1) is 5.69 Å². The summed E-state index contributed by atoms with van der Waals surface area (Å²) in [7, 11) is 0. The van der Waals surface area contributed by atoms with Crippen molar-refractivity contribution in [2.45, 2.75) is 46.2 Å². The van der Waals surface area contributed by atoms with Crippen LogP contribution in [-0.2, 0) is 13.1 Å². The number of nitrogens with two attached hydrogens (primary N) is 3. The first-order chi connectivity index (χ1) is 23.0. The van der Waals surface area contributed by atoms with Crippen molar-refractivity contribution in [3.8, 4) is 0 Å². The second kappa shape index (κ2) is 19.9. The molecule has 0 aliphatic rings. The predicted octanol–water partition coefficient (Wildman–Crippen LogP) is 5.53. The van der Waals surface area contributed by atoms with Crippen LogP contribution in [0.3, 0.4) is 0 Å². The highest BCUT2D eigenvalue weighted by Gasteiger charge is 2.06. The highest BCUT2D eigenvalue weighted by molar-refractivity contribution is 5.98. The molecule has 0 bridgehead atoms. The predicted molar refractivity (Wildman–Crippen MR) is 198 cm³/mol. The Hall–Kier alpha value is -4.50. The zero-order valence-electron chi connectivity index (χ0n) is 28.2. The van der Waals surface area contributed by atoms with Crippen LogP contribution < -0.4 is 22.3 Å². The number of aliphatic imine (C=N–C) groups is 2. The monoisotopic (exact) mass is 633 g/mol. The first-order valence-corrected chi connectivity index (χ1v) is 17.0. The fourth-order valence-electron chi connectivity index (χ4n) is 5.36. The van der Waals surface area contributed by atoms with Crippen LogP contribution in [0.25, 0.3) is 0 Å². The van der Waals surface area contributed by atoms with Crippen molar-refractivity contribution in [1.29, 1.82) is 0 Å². The summed E-state index contributed by atoms with van der Waals surface area (Å²) >= 11 is 0. The lowest BCUT2D eigenvalue weighted by Crippen LogP contribution is -2.82. The Morgan fingerprint density at radius 1 is 0.596 bits per heavy atom. The van der Waals surface area contributed by atoms with E-state index in [9.17, 15) is 0 Å². The van der Waals surface area contributed by atoms with Gasteiger partial charge in [0.15, 0.2) is 5.69 Å². The molecule has 4 aromatic carbocycles. The van der Waals surface area contributed by atoms with Crippen LogP contribution in [0.15, 0.2) is 119 Å². The van der Waals surface area contributed by atoms with Crippen molar-refractivity contribution < 1.29 is 5.43 Å². The molecular formula is C39H53N8+. The van der Waals surface area contributed by atoms with Gasteiger partial charge in [0.25, 0.3) is 0 Å².